The first-order chi connectivity index (χ1) is 26.7. The molecule has 11 N–H and O–H groups in total. The Labute approximate surface area is 318 Å². The zero-order valence-corrected chi connectivity index (χ0v) is 29.3. The number of phenols is 1. The van der Waals surface area contributed by atoms with Crippen LogP contribution in [0.2, 0.25) is 0 Å². The fourth-order valence-corrected chi connectivity index (χ4v) is 5.83. The second kappa shape index (κ2) is 19.4. The molecule has 3 aliphatic rings. The van der Waals surface area contributed by atoms with Gasteiger partial charge in [-0.25, -0.2) is 9.59 Å². The highest BCUT2D eigenvalue weighted by Gasteiger charge is 2.51. The molecule has 0 aliphatic carbocycles. The fourth-order valence-electron chi connectivity index (χ4n) is 5.83. The second-order valence-electron chi connectivity index (χ2n) is 13.1. The molecule has 0 bridgehead atoms. The van der Waals surface area contributed by atoms with Gasteiger partial charge in [-0.05, 0) is 47.5 Å². The van der Waals surface area contributed by atoms with Gasteiger partial charge in [0.1, 0.15) is 98.0 Å². The van der Waals surface area contributed by atoms with E-state index in [9.17, 15) is 65.8 Å². The topological polar surface area (TPSA) is 321 Å². The maximum atomic E-state index is 12.5. The van der Waals surface area contributed by atoms with Crippen LogP contribution in [-0.4, -0.2) is 180 Å². The lowest BCUT2D eigenvalue weighted by Gasteiger charge is -2.45. The SMILES string of the molecule is O=C(/C=C/c1ccc(O)cc1)OC[C@H]1O[C@@H](Oc2ccc(/C=C/C(=O)OC[C@H]3OC(O)[C@H](O)[C@@H](O[C@@H]4O[C@H](CO)[C@@H](O)[C@H](O)[C@H]4O)[C@@H]3O)cc2)[C@H](O)[C@@H](O)[C@@H]1O. The molecule has 3 heterocycles. The third kappa shape index (κ3) is 10.6. The Morgan fingerprint density at radius 1 is 0.571 bits per heavy atom. The lowest BCUT2D eigenvalue weighted by Crippen LogP contribution is -2.64. The van der Waals surface area contributed by atoms with Crippen LogP contribution in [0.3, 0.4) is 0 Å². The van der Waals surface area contributed by atoms with Crippen molar-refractivity contribution in [2.45, 2.75) is 92.1 Å². The number of aromatic hydroxyl groups is 1. The average Bonchev–Trinajstić information content (AvgIpc) is 3.19. The van der Waals surface area contributed by atoms with E-state index in [0.29, 0.717) is 11.1 Å². The van der Waals surface area contributed by atoms with Crippen molar-refractivity contribution in [1.82, 2.24) is 0 Å². The minimum atomic E-state index is -1.95. The van der Waals surface area contributed by atoms with Crippen LogP contribution in [-0.2, 0) is 38.0 Å². The number of hydrogen-bond donors (Lipinski definition) is 11. The van der Waals surface area contributed by atoms with Crippen molar-refractivity contribution in [1.29, 1.82) is 0 Å². The van der Waals surface area contributed by atoms with Gasteiger partial charge in [0, 0.05) is 12.2 Å². The second-order valence-corrected chi connectivity index (χ2v) is 13.1. The van der Waals surface area contributed by atoms with Gasteiger partial charge >= 0.3 is 11.9 Å². The van der Waals surface area contributed by atoms with Crippen LogP contribution in [0.5, 0.6) is 11.5 Å². The van der Waals surface area contributed by atoms with Crippen LogP contribution in [0, 0.1) is 0 Å². The van der Waals surface area contributed by atoms with E-state index >= 15 is 0 Å². The van der Waals surface area contributed by atoms with Crippen LogP contribution in [0.25, 0.3) is 12.2 Å². The molecule has 20 nitrogen and oxygen atoms in total. The minimum absolute atomic E-state index is 0.0540. The van der Waals surface area contributed by atoms with Crippen molar-refractivity contribution in [2.75, 3.05) is 19.8 Å². The number of carbonyl (C=O) groups excluding carboxylic acids is 2. The van der Waals surface area contributed by atoms with E-state index in [0.717, 1.165) is 12.2 Å². The molecule has 0 amide bonds. The van der Waals surface area contributed by atoms with E-state index in [1.54, 1.807) is 12.1 Å². The molecule has 0 spiro atoms. The van der Waals surface area contributed by atoms with Gasteiger partial charge in [-0.15, -0.1) is 0 Å². The maximum Gasteiger partial charge on any atom is 0.330 e. The Balaban J connectivity index is 1.10. The summed E-state index contributed by atoms with van der Waals surface area (Å²) < 4.78 is 37.3. The summed E-state index contributed by atoms with van der Waals surface area (Å²) in [6.45, 7) is -1.90. The molecule has 308 valence electrons. The van der Waals surface area contributed by atoms with Crippen molar-refractivity contribution >= 4 is 24.1 Å². The molecule has 20 heteroatoms. The van der Waals surface area contributed by atoms with Gasteiger partial charge in [-0.1, -0.05) is 24.3 Å². The molecule has 2 aromatic carbocycles. The largest absolute Gasteiger partial charge is 0.508 e. The maximum absolute atomic E-state index is 12.5. The minimum Gasteiger partial charge on any atom is -0.508 e. The molecular weight excluding hydrogens is 752 g/mol. The molecule has 3 aliphatic heterocycles. The predicted molar refractivity (Wildman–Crippen MR) is 183 cm³/mol. The Kier molecular flexibility index (Phi) is 14.9. The summed E-state index contributed by atoms with van der Waals surface area (Å²) >= 11 is 0. The van der Waals surface area contributed by atoms with E-state index in [-0.39, 0.29) is 11.5 Å². The highest BCUT2D eigenvalue weighted by Crippen LogP contribution is 2.29. The van der Waals surface area contributed by atoms with Crippen molar-refractivity contribution < 1.29 is 98.9 Å². The van der Waals surface area contributed by atoms with E-state index in [2.05, 4.69) is 0 Å². The highest BCUT2D eigenvalue weighted by atomic mass is 16.7. The quantitative estimate of drug-likeness (QED) is 0.0680. The lowest BCUT2D eigenvalue weighted by atomic mass is 9.97. The van der Waals surface area contributed by atoms with Gasteiger partial charge in [0.25, 0.3) is 0 Å². The zero-order chi connectivity index (χ0) is 40.7. The summed E-state index contributed by atoms with van der Waals surface area (Å²) in [6.07, 6.45) is -20.1. The summed E-state index contributed by atoms with van der Waals surface area (Å²) in [6, 6.07) is 11.9. The third-order valence-electron chi connectivity index (χ3n) is 9.10. The van der Waals surface area contributed by atoms with Gasteiger partial charge in [-0.2, -0.15) is 0 Å². The molecule has 0 aromatic heterocycles. The van der Waals surface area contributed by atoms with Crippen LogP contribution < -0.4 is 4.74 Å². The summed E-state index contributed by atoms with van der Waals surface area (Å²) in [4.78, 5) is 24.7. The van der Waals surface area contributed by atoms with Crippen LogP contribution in [0.4, 0.5) is 0 Å². The zero-order valence-electron chi connectivity index (χ0n) is 29.3. The lowest BCUT2D eigenvalue weighted by molar-refractivity contribution is -0.355. The van der Waals surface area contributed by atoms with Crippen molar-refractivity contribution in [3.8, 4) is 11.5 Å². The monoisotopic (exact) mass is 796 g/mol. The molecule has 15 atom stereocenters. The predicted octanol–water partition coefficient (Wildman–Crippen LogP) is -3.98. The first-order valence-electron chi connectivity index (χ1n) is 17.3. The van der Waals surface area contributed by atoms with Crippen molar-refractivity contribution in [3.05, 3.63) is 71.8 Å². The third-order valence-corrected chi connectivity index (χ3v) is 9.10. The Hall–Kier alpha value is -4.10. The summed E-state index contributed by atoms with van der Waals surface area (Å²) in [7, 11) is 0. The Morgan fingerprint density at radius 3 is 1.61 bits per heavy atom. The molecule has 0 radical (unpaired) electrons. The fraction of sp³-hybridized carbons (Fsp3) is 0.500. The summed E-state index contributed by atoms with van der Waals surface area (Å²) in [5, 5.41) is 112. The highest BCUT2D eigenvalue weighted by molar-refractivity contribution is 5.87. The van der Waals surface area contributed by atoms with Gasteiger partial charge < -0.3 is 89.3 Å². The van der Waals surface area contributed by atoms with Gasteiger partial charge in [0.15, 0.2) is 12.6 Å². The summed E-state index contributed by atoms with van der Waals surface area (Å²) in [5.74, 6) is -1.50. The van der Waals surface area contributed by atoms with Crippen LogP contribution in [0.15, 0.2) is 60.7 Å². The molecule has 3 saturated heterocycles. The number of phenolic OH excluding ortho intramolecular Hbond substituents is 1. The molecule has 2 aromatic rings. The van der Waals surface area contributed by atoms with E-state index in [1.165, 1.54) is 48.6 Å². The molecular formula is C36H44O20. The van der Waals surface area contributed by atoms with Crippen molar-refractivity contribution in [2.24, 2.45) is 0 Å². The first kappa shape index (κ1) is 43.0. The average molecular weight is 797 g/mol. The van der Waals surface area contributed by atoms with Crippen LogP contribution in [0.1, 0.15) is 11.1 Å². The summed E-state index contributed by atoms with van der Waals surface area (Å²) in [5.41, 5.74) is 1.07. The Morgan fingerprint density at radius 2 is 1.05 bits per heavy atom. The number of aliphatic hydroxyl groups is 10. The number of esters is 2. The standard InChI is InChI=1S/C36H44O20/c37-13-20-25(41)28(44)31(47)36(54-20)56-33-27(43)22(53-34(49)32(33)48)15-51-24(40)12-6-17-3-9-19(10-4-17)52-35-30(46)29(45)26(42)21(55-35)14-50-23(39)11-5-16-1-7-18(38)8-2-16/h1-12,20-22,25-38,41-49H,13-15H2/b11-5+,12-6+/t20-,21-,22-,25-,26-,27-,28+,29+,30-,31-,32-,33+,34?,35-,36+/m1/s1. The molecule has 5 rings (SSSR count). The van der Waals surface area contributed by atoms with Crippen molar-refractivity contribution in [3.63, 3.8) is 0 Å². The number of rotatable bonds is 13. The number of benzene rings is 2. The number of hydrogen-bond acceptors (Lipinski definition) is 20. The Bertz CT molecular complexity index is 1630. The van der Waals surface area contributed by atoms with E-state index in [1.807, 2.05) is 0 Å². The van der Waals surface area contributed by atoms with E-state index < -0.39 is 124 Å². The first-order valence-corrected chi connectivity index (χ1v) is 17.3. The van der Waals surface area contributed by atoms with Crippen LogP contribution >= 0.6 is 0 Å². The molecule has 3 fully saturated rings. The molecule has 1 unspecified atom stereocenters. The number of carbonyl (C=O) groups is 2. The smallest absolute Gasteiger partial charge is 0.330 e. The molecule has 0 saturated carbocycles. The normalized spacial score (nSPS) is 36.4. The van der Waals surface area contributed by atoms with Gasteiger partial charge in [-0.3, -0.25) is 0 Å². The van der Waals surface area contributed by atoms with Gasteiger partial charge in [0.05, 0.1) is 6.61 Å². The van der Waals surface area contributed by atoms with Gasteiger partial charge in [0.2, 0.25) is 6.29 Å². The molecule has 56 heavy (non-hydrogen) atoms. The van der Waals surface area contributed by atoms with E-state index in [4.69, 9.17) is 33.2 Å². The number of aliphatic hydroxyl groups excluding tert-OH is 10. The number of ether oxygens (including phenoxy) is 7.